The van der Waals surface area contributed by atoms with Crippen LogP contribution in [-0.4, -0.2) is 4.79 Å². The lowest BCUT2D eigenvalue weighted by Crippen LogP contribution is -1.79. The van der Waals surface area contributed by atoms with Crippen molar-refractivity contribution in [3.8, 4) is 0 Å². The summed E-state index contributed by atoms with van der Waals surface area (Å²) in [6.45, 7) is 0. The molecule has 0 aliphatic heterocycles. The Morgan fingerprint density at radius 3 is 2.43 bits per heavy atom. The van der Waals surface area contributed by atoms with Crippen molar-refractivity contribution in [1.82, 2.24) is 4.79 Å². The molecular weight excluding hydrogens is 100 g/mol. The normalized spacial score (nSPS) is 9.43. The van der Waals surface area contributed by atoms with Crippen LogP contribution in [-0.2, 0) is 0 Å². The minimum atomic E-state index is -0.861. The van der Waals surface area contributed by atoms with Crippen molar-refractivity contribution in [2.45, 2.75) is 0 Å². The van der Waals surface area contributed by atoms with Crippen LogP contribution >= 0.6 is 0 Å². The molecule has 0 spiro atoms. The van der Waals surface area contributed by atoms with Crippen LogP contribution < -0.4 is 0 Å². The number of nitrogens with zero attached hydrogens (tertiary/aromatic N) is 1. The molecule has 7 heavy (non-hydrogen) atoms. The molecule has 0 saturated carbocycles. The van der Waals surface area contributed by atoms with Crippen molar-refractivity contribution in [1.29, 1.82) is 0 Å². The molecule has 0 atom stereocenters. The minimum Gasteiger partial charge on any atom is -0.184 e. The van der Waals surface area contributed by atoms with Crippen molar-refractivity contribution < 1.29 is 8.87 Å². The quantitative estimate of drug-likeness (QED) is 0.467. The fourth-order valence-electron chi connectivity index (χ4n) is 0.340. The summed E-state index contributed by atoms with van der Waals surface area (Å²) in [6, 6.07) is 2.33. The maximum absolute atomic E-state index is 11.7. The van der Waals surface area contributed by atoms with Crippen LogP contribution in [0.3, 0.4) is 0 Å². The molecule has 38 valence electrons. The van der Waals surface area contributed by atoms with Gasteiger partial charge in [-0.25, -0.2) is 0 Å². The Bertz CT molecular complexity index is 142. The molecule has 0 unspecified atom stereocenters. The summed E-state index contributed by atoms with van der Waals surface area (Å²) in [6.07, 6.45) is 0.995. The Labute approximate surface area is 39.1 Å². The second kappa shape index (κ2) is 1.33. The summed E-state index contributed by atoms with van der Waals surface area (Å²) in [5.74, 6) is -0.861. The maximum Gasteiger partial charge on any atom is 0.222 e. The highest BCUT2D eigenvalue weighted by molar-refractivity contribution is 4.90. The lowest BCUT2D eigenvalue weighted by atomic mass is 10.7. The lowest BCUT2D eigenvalue weighted by Gasteiger charge is -1.78. The molecule has 1 aromatic rings. The van der Waals surface area contributed by atoms with E-state index in [2.05, 4.69) is 0 Å². The van der Waals surface area contributed by atoms with E-state index < -0.39 is 5.95 Å². The van der Waals surface area contributed by atoms with E-state index in [4.69, 9.17) is 0 Å². The Balaban J connectivity index is 3.12. The van der Waals surface area contributed by atoms with Gasteiger partial charge in [0.05, 0.1) is 0 Å². The van der Waals surface area contributed by atoms with Crippen molar-refractivity contribution in [3.05, 3.63) is 24.3 Å². The fourth-order valence-corrected chi connectivity index (χ4v) is 0.340. The van der Waals surface area contributed by atoms with Crippen LogP contribution in [0, 0.1) is 5.95 Å². The van der Waals surface area contributed by atoms with Gasteiger partial charge in [0.1, 0.15) is 0 Å². The summed E-state index contributed by atoms with van der Waals surface area (Å²) >= 11 is 0. The molecule has 1 rings (SSSR count). The largest absolute Gasteiger partial charge is 0.222 e. The zero-order valence-corrected chi connectivity index (χ0v) is 3.44. The monoisotopic (exact) mass is 103 g/mol. The predicted octanol–water partition coefficient (Wildman–Crippen LogP) is 1.36. The number of halogens is 2. The number of aromatic nitrogens is 1. The zero-order valence-electron chi connectivity index (χ0n) is 3.44. The molecule has 0 aliphatic rings. The van der Waals surface area contributed by atoms with Crippen LogP contribution in [0.4, 0.5) is 8.87 Å². The Morgan fingerprint density at radius 2 is 2.29 bits per heavy atom. The van der Waals surface area contributed by atoms with E-state index in [1.54, 1.807) is 0 Å². The van der Waals surface area contributed by atoms with Gasteiger partial charge in [-0.15, -0.1) is 0 Å². The fraction of sp³-hybridized carbons (Fsp3) is 0. The molecule has 0 saturated heterocycles. The van der Waals surface area contributed by atoms with Crippen LogP contribution in [0.2, 0.25) is 0 Å². The summed E-state index contributed by atoms with van der Waals surface area (Å²) in [5.41, 5.74) is 0. The summed E-state index contributed by atoms with van der Waals surface area (Å²) in [5, 5.41) is 0. The first-order valence-electron chi connectivity index (χ1n) is 1.80. The standard InChI is InChI=1S/C4H3F2N/c5-4-2-1-3-7(4)6/h1-3H. The second-order valence-electron chi connectivity index (χ2n) is 1.14. The predicted molar refractivity (Wildman–Crippen MR) is 20.9 cm³/mol. The van der Waals surface area contributed by atoms with E-state index >= 15 is 0 Å². The SMILES string of the molecule is Fc1cccn1F. The van der Waals surface area contributed by atoms with E-state index in [1.165, 1.54) is 6.07 Å². The molecule has 0 aliphatic carbocycles. The smallest absolute Gasteiger partial charge is 0.184 e. The average Bonchev–Trinajstić information content (AvgIpc) is 1.91. The molecule has 0 N–H and O–H groups in total. The maximum atomic E-state index is 11.7. The molecule has 1 aromatic heterocycles. The molecule has 0 bridgehead atoms. The van der Waals surface area contributed by atoms with Crippen LogP contribution in [0.15, 0.2) is 18.3 Å². The third-order valence-corrected chi connectivity index (χ3v) is 0.655. The number of rotatable bonds is 0. The summed E-state index contributed by atoms with van der Waals surface area (Å²) in [7, 11) is 0. The van der Waals surface area contributed by atoms with E-state index in [9.17, 15) is 8.87 Å². The van der Waals surface area contributed by atoms with Crippen LogP contribution in [0.5, 0.6) is 0 Å². The highest BCUT2D eigenvalue weighted by Gasteiger charge is 1.91. The first-order chi connectivity index (χ1) is 3.30. The van der Waals surface area contributed by atoms with E-state index in [0.29, 0.717) is 0 Å². The van der Waals surface area contributed by atoms with E-state index in [-0.39, 0.29) is 4.79 Å². The first kappa shape index (κ1) is 4.30. The van der Waals surface area contributed by atoms with Crippen molar-refractivity contribution in [2.75, 3.05) is 0 Å². The van der Waals surface area contributed by atoms with Gasteiger partial charge in [-0.3, -0.25) is 0 Å². The molecule has 1 nitrogen and oxygen atoms in total. The highest BCUT2D eigenvalue weighted by atomic mass is 19.2. The van der Waals surface area contributed by atoms with E-state index in [0.717, 1.165) is 12.3 Å². The van der Waals surface area contributed by atoms with Crippen LogP contribution in [0.1, 0.15) is 0 Å². The van der Waals surface area contributed by atoms with Crippen LogP contribution in [0.25, 0.3) is 0 Å². The topological polar surface area (TPSA) is 4.93 Å². The van der Waals surface area contributed by atoms with Gasteiger partial charge >= 0.3 is 0 Å². The van der Waals surface area contributed by atoms with Gasteiger partial charge in [-0.1, -0.05) is 4.48 Å². The number of hydrogen-bond donors (Lipinski definition) is 0. The van der Waals surface area contributed by atoms with Crippen molar-refractivity contribution in [3.63, 3.8) is 0 Å². The minimum absolute atomic E-state index is 0.0833. The molecule has 1 heterocycles. The average molecular weight is 103 g/mol. The second-order valence-corrected chi connectivity index (χ2v) is 1.14. The molecule has 0 fully saturated rings. The van der Waals surface area contributed by atoms with E-state index in [1.807, 2.05) is 0 Å². The van der Waals surface area contributed by atoms with Gasteiger partial charge in [-0.2, -0.15) is 9.18 Å². The molecule has 0 aromatic carbocycles. The number of hydrogen-bond acceptors (Lipinski definition) is 0. The third-order valence-electron chi connectivity index (χ3n) is 0.655. The van der Waals surface area contributed by atoms with Crippen molar-refractivity contribution >= 4 is 0 Å². The van der Waals surface area contributed by atoms with Gasteiger partial charge in [0.15, 0.2) is 0 Å². The first-order valence-corrected chi connectivity index (χ1v) is 1.80. The molecule has 3 heteroatoms. The molecule has 0 amide bonds. The third kappa shape index (κ3) is 0.607. The van der Waals surface area contributed by atoms with Gasteiger partial charge in [-0.05, 0) is 12.1 Å². The zero-order chi connectivity index (χ0) is 5.28. The molecule has 0 radical (unpaired) electrons. The molecular formula is C4H3F2N. The Kier molecular flexibility index (Phi) is 0.817. The van der Waals surface area contributed by atoms with Gasteiger partial charge < -0.3 is 0 Å². The summed E-state index contributed by atoms with van der Waals surface area (Å²) in [4.78, 5) is -0.0833. The lowest BCUT2D eigenvalue weighted by molar-refractivity contribution is 0.300. The highest BCUT2D eigenvalue weighted by Crippen LogP contribution is 1.96. The van der Waals surface area contributed by atoms with Crippen molar-refractivity contribution in [2.24, 2.45) is 0 Å². The summed E-state index contributed by atoms with van der Waals surface area (Å²) < 4.78 is 23.3. The van der Waals surface area contributed by atoms with Gasteiger partial charge in [0, 0.05) is 6.20 Å². The van der Waals surface area contributed by atoms with Gasteiger partial charge in [0.25, 0.3) is 0 Å². The van der Waals surface area contributed by atoms with Gasteiger partial charge in [0.2, 0.25) is 5.95 Å². The Morgan fingerprint density at radius 1 is 1.57 bits per heavy atom. The Hall–Kier alpha value is -0.860.